The molecule has 0 aliphatic carbocycles. The van der Waals surface area contributed by atoms with E-state index in [-0.39, 0.29) is 52.3 Å². The van der Waals surface area contributed by atoms with E-state index < -0.39 is 52.4 Å². The first-order valence-electron chi connectivity index (χ1n) is 20.9. The number of rotatable bonds is 16. The van der Waals surface area contributed by atoms with Gasteiger partial charge >= 0.3 is 11.9 Å². The Morgan fingerprint density at radius 2 is 1.52 bits per heavy atom. The molecule has 4 heterocycles. The fourth-order valence-electron chi connectivity index (χ4n) is 7.93. The van der Waals surface area contributed by atoms with Gasteiger partial charge in [-0.1, -0.05) is 108 Å². The monoisotopic (exact) mass is 1040 g/mol. The number of nitrogens with zero attached hydrogens (tertiary/aromatic N) is 4. The molecule has 0 radical (unpaired) electrons. The van der Waals surface area contributed by atoms with E-state index in [1.54, 1.807) is 36.8 Å². The zero-order valence-electron chi connectivity index (χ0n) is 36.8. The van der Waals surface area contributed by atoms with Crippen LogP contribution in [0, 0.1) is 0 Å². The van der Waals surface area contributed by atoms with Gasteiger partial charge in [-0.05, 0) is 48.2 Å². The Morgan fingerprint density at radius 3 is 2.05 bits per heavy atom. The summed E-state index contributed by atoms with van der Waals surface area (Å²) >= 11 is 2.60. The molecule has 1 aromatic heterocycles. The fraction of sp³-hybridized carbons (Fsp3) is 0.292. The van der Waals surface area contributed by atoms with Crippen molar-refractivity contribution >= 4 is 57.7 Å². The minimum absolute atomic E-state index is 0. The van der Waals surface area contributed by atoms with Crippen LogP contribution in [-0.4, -0.2) is 106 Å². The second-order valence-corrected chi connectivity index (χ2v) is 18.7. The van der Waals surface area contributed by atoms with Crippen LogP contribution in [0.2, 0.25) is 0 Å². The summed E-state index contributed by atoms with van der Waals surface area (Å²) in [5.74, 6) is -2.39. The highest BCUT2D eigenvalue weighted by molar-refractivity contribution is 8.00. The molecule has 0 bridgehead atoms. The zero-order chi connectivity index (χ0) is 45.9. The number of amides is 2. The number of aliphatic carboxylic acids is 1. The predicted octanol–water partition coefficient (Wildman–Crippen LogP) is 3.32. The lowest BCUT2D eigenvalue weighted by Gasteiger charge is -2.50. The molecule has 3 aliphatic rings. The smallest absolute Gasteiger partial charge is 0.355 e. The lowest BCUT2D eigenvalue weighted by atomic mass is 9.77. The normalized spacial score (nSPS) is 19.2. The predicted molar refractivity (Wildman–Crippen MR) is 246 cm³/mol. The van der Waals surface area contributed by atoms with E-state index in [0.29, 0.717) is 35.2 Å². The number of carboxylic acid groups (broad SMARTS) is 1. The minimum atomic E-state index is -1.83. The quantitative estimate of drug-likeness (QED) is 0.0251. The number of aromatic nitrogens is 1. The highest BCUT2D eigenvalue weighted by atomic mass is 127. The van der Waals surface area contributed by atoms with Crippen molar-refractivity contribution in [3.63, 3.8) is 0 Å². The molecule has 344 valence electrons. The van der Waals surface area contributed by atoms with Crippen molar-refractivity contribution in [3.8, 4) is 5.75 Å². The first-order chi connectivity index (χ1) is 31.2. The number of halogens is 1. The lowest BCUT2D eigenvalue weighted by molar-refractivity contribution is -1.06. The molecular weight excluding hydrogens is 996 g/mol. The SMILES string of the molecule is COc1ccc(COC(=O)C2=C([C@@H]3CC[N+](C)(C)O3)CSC3C(NC(=O)/C(=N\OC(C)(C)C(=O)O)c4csc(NC(c5ccccc5)(c5ccccc5)c5ccccc5)n4)C(=O)N23)cc1.[I-]. The van der Waals surface area contributed by atoms with Gasteiger partial charge in [-0.25, -0.2) is 14.6 Å². The Labute approximate surface area is 407 Å². The van der Waals surface area contributed by atoms with Crippen LogP contribution in [0.25, 0.3) is 0 Å². The third-order valence-corrected chi connectivity index (χ3v) is 13.6. The van der Waals surface area contributed by atoms with Crippen LogP contribution in [0.1, 0.15) is 48.2 Å². The Balaban J connectivity index is 0.00000648. The van der Waals surface area contributed by atoms with Gasteiger partial charge in [0.25, 0.3) is 11.8 Å². The summed E-state index contributed by atoms with van der Waals surface area (Å²) in [6, 6.07) is 35.8. The van der Waals surface area contributed by atoms with Crippen molar-refractivity contribution < 1.29 is 72.1 Å². The largest absolute Gasteiger partial charge is 1.00 e. The minimum Gasteiger partial charge on any atom is -1.00 e. The Kier molecular flexibility index (Phi) is 14.6. The second-order valence-electron chi connectivity index (χ2n) is 16.7. The zero-order valence-corrected chi connectivity index (χ0v) is 40.6. The molecule has 15 nitrogen and oxygen atoms in total. The van der Waals surface area contributed by atoms with E-state index in [9.17, 15) is 24.3 Å². The summed E-state index contributed by atoms with van der Waals surface area (Å²) in [6.45, 7) is 3.25. The Morgan fingerprint density at radius 1 is 0.924 bits per heavy atom. The maximum absolute atomic E-state index is 14.4. The van der Waals surface area contributed by atoms with Gasteiger partial charge in [0.1, 0.15) is 53.4 Å². The molecule has 2 saturated heterocycles. The first-order valence-corrected chi connectivity index (χ1v) is 22.8. The molecular formula is C48H49IN6O9S2. The van der Waals surface area contributed by atoms with Crippen LogP contribution in [-0.2, 0) is 45.7 Å². The number of quaternary nitrogens is 1. The first kappa shape index (κ1) is 48.1. The molecule has 3 N–H and O–H groups in total. The number of carbonyl (C=O) groups excluding carboxylic acids is 3. The van der Waals surface area contributed by atoms with Crippen molar-refractivity contribution in [2.24, 2.45) is 5.16 Å². The van der Waals surface area contributed by atoms with Crippen LogP contribution in [0.4, 0.5) is 5.13 Å². The highest BCUT2D eigenvalue weighted by Crippen LogP contribution is 2.44. The van der Waals surface area contributed by atoms with Gasteiger partial charge < -0.3 is 54.0 Å². The van der Waals surface area contributed by atoms with Gasteiger partial charge in [-0.15, -0.1) is 23.1 Å². The van der Waals surface area contributed by atoms with Crippen LogP contribution in [0.3, 0.4) is 0 Å². The van der Waals surface area contributed by atoms with E-state index in [1.807, 2.05) is 105 Å². The van der Waals surface area contributed by atoms with Crippen molar-refractivity contribution in [2.45, 2.75) is 55.5 Å². The molecule has 8 rings (SSSR count). The molecule has 0 spiro atoms. The van der Waals surface area contributed by atoms with Crippen molar-refractivity contribution in [1.82, 2.24) is 15.2 Å². The number of esters is 1. The number of β-lactam (4-membered cyclic amide) rings is 1. The van der Waals surface area contributed by atoms with E-state index in [1.165, 1.54) is 41.8 Å². The van der Waals surface area contributed by atoms with Gasteiger partial charge in [0, 0.05) is 23.1 Å². The molecule has 18 heteroatoms. The molecule has 0 saturated carbocycles. The number of thioether (sulfide) groups is 1. The number of benzene rings is 4. The van der Waals surface area contributed by atoms with Crippen LogP contribution in [0.15, 0.2) is 137 Å². The van der Waals surface area contributed by atoms with Gasteiger partial charge in [0.2, 0.25) is 5.60 Å². The number of hydrogen-bond acceptors (Lipinski definition) is 13. The maximum Gasteiger partial charge on any atom is 0.355 e. The fourth-order valence-corrected chi connectivity index (χ4v) is 10.1. The van der Waals surface area contributed by atoms with E-state index in [4.69, 9.17) is 24.1 Å². The van der Waals surface area contributed by atoms with Crippen LogP contribution in [0.5, 0.6) is 5.75 Å². The number of methoxy groups -OCH3 is 1. The number of hydrogen-bond donors (Lipinski definition) is 3. The molecule has 2 amide bonds. The average Bonchev–Trinajstić information content (AvgIpc) is 3.94. The second kappa shape index (κ2) is 20.0. The molecule has 2 unspecified atom stereocenters. The summed E-state index contributed by atoms with van der Waals surface area (Å²) < 4.78 is 11.4. The van der Waals surface area contributed by atoms with Crippen molar-refractivity contribution in [1.29, 1.82) is 0 Å². The number of nitrogens with one attached hydrogen (secondary N) is 2. The summed E-state index contributed by atoms with van der Waals surface area (Å²) in [6.07, 6.45) is 0.194. The summed E-state index contributed by atoms with van der Waals surface area (Å²) in [7, 11) is 5.42. The van der Waals surface area contributed by atoms with Crippen LogP contribution < -0.4 is 39.3 Å². The number of hydroxylamine groups is 3. The molecule has 3 aliphatic heterocycles. The van der Waals surface area contributed by atoms with Gasteiger partial charge in [-0.3, -0.25) is 14.5 Å². The molecule has 66 heavy (non-hydrogen) atoms. The van der Waals surface area contributed by atoms with E-state index in [2.05, 4.69) is 15.8 Å². The number of carbonyl (C=O) groups is 4. The third kappa shape index (κ3) is 9.83. The molecule has 4 aromatic carbocycles. The molecule has 2 fully saturated rings. The average molecular weight is 1040 g/mol. The molecule has 5 aromatic rings. The standard InChI is InChI=1S/C48H48N6O9S2.HI/c1-47(2,45(58)59)63-52-38(36-29-65-46(49-36)51-48(31-15-9-6-10-16-31,32-17-11-7-12-18-32)33-19-13-8-14-20-33)41(55)50-39-42(56)53-40(44(57)61-27-30-21-23-34(60-5)24-22-30)35(28-64-43(39)53)37-25-26-54(3,4)62-37;/h6-24,29,37,39,43H,25-28H2,1-5H3,(H2-,49,50,51,55,58,59);1H/b52-38-;/t37-,39?,43?;/m0./s1. The summed E-state index contributed by atoms with van der Waals surface area (Å²) in [4.78, 5) is 72.8. The number of thiazole rings is 1. The number of oxime groups is 1. The maximum atomic E-state index is 14.4. The lowest BCUT2D eigenvalue weighted by Crippen LogP contribution is -3.00. The van der Waals surface area contributed by atoms with E-state index in [0.717, 1.165) is 22.3 Å². The summed E-state index contributed by atoms with van der Waals surface area (Å²) in [5.41, 5.74) is 1.18. The Hall–Kier alpha value is -5.80. The summed E-state index contributed by atoms with van der Waals surface area (Å²) in [5, 5.41) is 21.8. The van der Waals surface area contributed by atoms with Gasteiger partial charge in [-0.2, -0.15) is 9.48 Å². The Bertz CT molecular complexity index is 2530. The topological polar surface area (TPSA) is 178 Å². The molecule has 3 atom stereocenters. The number of anilines is 1. The third-order valence-electron chi connectivity index (χ3n) is 11.5. The van der Waals surface area contributed by atoms with Gasteiger partial charge in [0.05, 0.1) is 21.2 Å². The van der Waals surface area contributed by atoms with Crippen LogP contribution >= 0.6 is 23.1 Å². The number of carboxylic acids is 1. The van der Waals surface area contributed by atoms with Gasteiger partial charge in [0.15, 0.2) is 10.8 Å². The number of ether oxygens (including phenoxy) is 2. The van der Waals surface area contributed by atoms with Crippen molar-refractivity contribution in [2.75, 3.05) is 38.8 Å². The number of fused-ring (bicyclic) bond motifs is 1. The highest BCUT2D eigenvalue weighted by Gasteiger charge is 2.56. The van der Waals surface area contributed by atoms with E-state index >= 15 is 0 Å². The van der Waals surface area contributed by atoms with Crippen molar-refractivity contribution in [3.05, 3.63) is 160 Å².